The van der Waals surface area contributed by atoms with Crippen LogP contribution in [0.4, 0.5) is 0 Å². The van der Waals surface area contributed by atoms with E-state index in [0.717, 1.165) is 50.6 Å². The second-order valence-corrected chi connectivity index (χ2v) is 11.4. The van der Waals surface area contributed by atoms with Gasteiger partial charge in [0.1, 0.15) is 4.90 Å². The lowest BCUT2D eigenvalue weighted by molar-refractivity contribution is -0.140. The third-order valence-electron chi connectivity index (χ3n) is 7.10. The zero-order chi connectivity index (χ0) is 22.1. The Labute approximate surface area is 185 Å². The van der Waals surface area contributed by atoms with Gasteiger partial charge in [-0.2, -0.15) is 5.10 Å². The molecule has 1 aromatic heterocycles. The molecule has 1 aliphatic carbocycles. The minimum Gasteiger partial charge on any atom is -0.342 e. The second-order valence-electron chi connectivity index (χ2n) is 9.46. The van der Waals surface area contributed by atoms with Crippen LogP contribution in [0.2, 0.25) is 0 Å². The predicted molar refractivity (Wildman–Crippen MR) is 121 cm³/mol. The van der Waals surface area contributed by atoms with Crippen LogP contribution in [0, 0.1) is 12.8 Å². The molecule has 1 amide bonds. The van der Waals surface area contributed by atoms with Crippen molar-refractivity contribution in [1.82, 2.24) is 15.1 Å². The molecule has 2 aromatic rings. The number of rotatable bonds is 5. The highest BCUT2D eigenvalue weighted by Crippen LogP contribution is 2.42. The summed E-state index contributed by atoms with van der Waals surface area (Å²) in [5.41, 5.74) is 2.60. The smallest absolute Gasteiger partial charge is 0.233 e. The minimum absolute atomic E-state index is 0.234. The standard InChI is InChI=1S/C24H33N3O3S/c1-18-8-10-20(11-9-18)24(12-4-3-5-13-24)23(28)27-14-6-7-19(17-27)15-21-22(16-25-26-21)31(2,29)30/h8-11,16,19H,3-7,12-15,17H2,1-2H3,(H,25,26)/t19-/m1/s1. The molecule has 31 heavy (non-hydrogen) atoms. The summed E-state index contributed by atoms with van der Waals surface area (Å²) in [6, 6.07) is 8.51. The van der Waals surface area contributed by atoms with Gasteiger partial charge in [0, 0.05) is 19.3 Å². The van der Waals surface area contributed by atoms with Crippen LogP contribution < -0.4 is 0 Å². The van der Waals surface area contributed by atoms with Crippen LogP contribution in [0.5, 0.6) is 0 Å². The number of aromatic nitrogens is 2. The minimum atomic E-state index is -3.31. The lowest BCUT2D eigenvalue weighted by Gasteiger charge is -2.43. The molecule has 1 saturated heterocycles. The number of carbonyl (C=O) groups excluding carboxylic acids is 1. The van der Waals surface area contributed by atoms with E-state index in [-0.39, 0.29) is 16.7 Å². The SMILES string of the molecule is Cc1ccc(C2(C(=O)N3CCC[C@H](Cc4[nH]ncc4S(C)(=O)=O)C3)CCCCC2)cc1. The number of nitrogens with zero attached hydrogens (tertiary/aromatic N) is 2. The lowest BCUT2D eigenvalue weighted by atomic mass is 9.68. The number of nitrogens with one attached hydrogen (secondary N) is 1. The van der Waals surface area contributed by atoms with Gasteiger partial charge in [0.2, 0.25) is 5.91 Å². The van der Waals surface area contributed by atoms with Crippen molar-refractivity contribution in [2.45, 2.75) is 68.6 Å². The summed E-state index contributed by atoms with van der Waals surface area (Å²) < 4.78 is 24.1. The van der Waals surface area contributed by atoms with E-state index >= 15 is 0 Å². The van der Waals surface area contributed by atoms with Crippen LogP contribution in [0.15, 0.2) is 35.4 Å². The van der Waals surface area contributed by atoms with Gasteiger partial charge in [-0.1, -0.05) is 49.1 Å². The van der Waals surface area contributed by atoms with Crippen molar-refractivity contribution < 1.29 is 13.2 Å². The Hall–Kier alpha value is -2.15. The van der Waals surface area contributed by atoms with E-state index in [1.807, 2.05) is 0 Å². The van der Waals surface area contributed by atoms with Crippen LogP contribution in [0.1, 0.15) is 61.8 Å². The molecular weight excluding hydrogens is 410 g/mol. The van der Waals surface area contributed by atoms with Gasteiger partial charge in [0.05, 0.1) is 17.3 Å². The molecule has 2 heterocycles. The Morgan fingerprint density at radius 1 is 1.16 bits per heavy atom. The highest BCUT2D eigenvalue weighted by Gasteiger charge is 2.44. The Morgan fingerprint density at radius 2 is 1.87 bits per heavy atom. The number of likely N-dealkylation sites (tertiary alicyclic amines) is 1. The Kier molecular flexibility index (Phi) is 6.24. The second kappa shape index (κ2) is 8.77. The number of piperidine rings is 1. The maximum absolute atomic E-state index is 13.9. The first-order valence-corrected chi connectivity index (χ1v) is 13.3. The molecule has 1 aliphatic heterocycles. The molecule has 6 nitrogen and oxygen atoms in total. The van der Waals surface area contributed by atoms with Gasteiger partial charge < -0.3 is 4.90 Å². The van der Waals surface area contributed by atoms with Crippen molar-refractivity contribution in [2.75, 3.05) is 19.3 Å². The summed E-state index contributed by atoms with van der Waals surface area (Å²) in [7, 11) is -3.31. The Morgan fingerprint density at radius 3 is 2.55 bits per heavy atom. The summed E-state index contributed by atoms with van der Waals surface area (Å²) in [5.74, 6) is 0.492. The number of hydrogen-bond donors (Lipinski definition) is 1. The zero-order valence-electron chi connectivity index (χ0n) is 18.6. The van der Waals surface area contributed by atoms with E-state index in [1.54, 1.807) is 0 Å². The van der Waals surface area contributed by atoms with Crippen LogP contribution in [-0.2, 0) is 26.5 Å². The number of H-pyrrole nitrogens is 1. The number of hydrogen-bond acceptors (Lipinski definition) is 4. The Bertz CT molecular complexity index is 1020. The molecule has 168 valence electrons. The number of sulfone groups is 1. The Balaban J connectivity index is 1.54. The lowest BCUT2D eigenvalue weighted by Crippen LogP contribution is -2.51. The zero-order valence-corrected chi connectivity index (χ0v) is 19.4. The van der Waals surface area contributed by atoms with E-state index < -0.39 is 15.3 Å². The summed E-state index contributed by atoms with van der Waals surface area (Å²) >= 11 is 0. The molecule has 1 atom stereocenters. The third-order valence-corrected chi connectivity index (χ3v) is 8.25. The average molecular weight is 444 g/mol. The quantitative estimate of drug-likeness (QED) is 0.762. The fourth-order valence-electron chi connectivity index (χ4n) is 5.43. The van der Waals surface area contributed by atoms with Gasteiger partial charge in [-0.05, 0) is 50.5 Å². The molecule has 0 radical (unpaired) electrons. The van der Waals surface area contributed by atoms with Gasteiger partial charge in [0.25, 0.3) is 0 Å². The predicted octanol–water partition coefficient (Wildman–Crippen LogP) is 3.80. The van der Waals surface area contributed by atoms with Crippen molar-refractivity contribution in [3.63, 3.8) is 0 Å². The topological polar surface area (TPSA) is 83.1 Å². The summed E-state index contributed by atoms with van der Waals surface area (Å²) in [6.45, 7) is 3.54. The highest BCUT2D eigenvalue weighted by atomic mass is 32.2. The van der Waals surface area contributed by atoms with Gasteiger partial charge >= 0.3 is 0 Å². The van der Waals surface area contributed by atoms with Gasteiger partial charge in [0.15, 0.2) is 9.84 Å². The molecule has 4 rings (SSSR count). The summed E-state index contributed by atoms with van der Waals surface area (Å²) in [6.07, 6.45) is 10.3. The molecule has 0 bridgehead atoms. The van der Waals surface area contributed by atoms with Crippen molar-refractivity contribution in [3.05, 3.63) is 47.3 Å². The normalized spacial score (nSPS) is 21.7. The maximum atomic E-state index is 13.9. The first-order valence-electron chi connectivity index (χ1n) is 11.4. The van der Waals surface area contributed by atoms with E-state index in [9.17, 15) is 13.2 Å². The van der Waals surface area contributed by atoms with Crippen LogP contribution >= 0.6 is 0 Å². The first-order chi connectivity index (χ1) is 14.8. The number of benzene rings is 1. The van der Waals surface area contributed by atoms with E-state index in [1.165, 1.54) is 24.4 Å². The van der Waals surface area contributed by atoms with Gasteiger partial charge in [-0.25, -0.2) is 8.42 Å². The number of amides is 1. The van der Waals surface area contributed by atoms with Crippen LogP contribution in [0.25, 0.3) is 0 Å². The summed E-state index contributed by atoms with van der Waals surface area (Å²) in [4.78, 5) is 16.3. The molecule has 2 fully saturated rings. The van der Waals surface area contributed by atoms with Gasteiger partial charge in [-0.3, -0.25) is 9.89 Å². The highest BCUT2D eigenvalue weighted by molar-refractivity contribution is 7.90. The van der Waals surface area contributed by atoms with Crippen molar-refractivity contribution >= 4 is 15.7 Å². The van der Waals surface area contributed by atoms with Crippen molar-refractivity contribution in [1.29, 1.82) is 0 Å². The van der Waals surface area contributed by atoms with E-state index in [2.05, 4.69) is 46.3 Å². The van der Waals surface area contributed by atoms with E-state index in [4.69, 9.17) is 0 Å². The molecular formula is C24H33N3O3S. The number of aryl methyl sites for hydroxylation is 1. The molecule has 0 spiro atoms. The molecule has 2 aliphatic rings. The van der Waals surface area contributed by atoms with Crippen LogP contribution in [0.3, 0.4) is 0 Å². The average Bonchev–Trinajstić information content (AvgIpc) is 3.23. The fraction of sp³-hybridized carbons (Fsp3) is 0.583. The third kappa shape index (κ3) is 4.56. The fourth-order valence-corrected chi connectivity index (χ4v) is 6.25. The number of carbonyl (C=O) groups is 1. The largest absolute Gasteiger partial charge is 0.342 e. The summed E-state index contributed by atoms with van der Waals surface area (Å²) in [5, 5.41) is 6.83. The van der Waals surface area contributed by atoms with Crippen molar-refractivity contribution in [3.8, 4) is 0 Å². The monoisotopic (exact) mass is 443 g/mol. The van der Waals surface area contributed by atoms with E-state index in [0.29, 0.717) is 18.7 Å². The number of aromatic amines is 1. The molecule has 1 saturated carbocycles. The molecule has 0 unspecified atom stereocenters. The molecule has 7 heteroatoms. The molecule has 1 N–H and O–H groups in total. The van der Waals surface area contributed by atoms with Crippen LogP contribution in [-0.4, -0.2) is 48.8 Å². The van der Waals surface area contributed by atoms with Crippen molar-refractivity contribution in [2.24, 2.45) is 5.92 Å². The maximum Gasteiger partial charge on any atom is 0.233 e. The first kappa shape index (κ1) is 22.1. The van der Waals surface area contributed by atoms with Gasteiger partial charge in [-0.15, -0.1) is 0 Å². The molecule has 1 aromatic carbocycles.